The highest BCUT2D eigenvalue weighted by molar-refractivity contribution is 9.10. The molecule has 3 rings (SSSR count). The Morgan fingerprint density at radius 3 is 2.47 bits per heavy atom. The van der Waals surface area contributed by atoms with Gasteiger partial charge < -0.3 is 4.74 Å². The molecule has 0 saturated carbocycles. The Bertz CT molecular complexity index is 1260. The molecule has 0 aliphatic carbocycles. The lowest BCUT2D eigenvalue weighted by Gasteiger charge is -2.28. The van der Waals surface area contributed by atoms with Crippen molar-refractivity contribution in [3.8, 4) is 11.1 Å². The second-order valence-electron chi connectivity index (χ2n) is 8.91. The summed E-state index contributed by atoms with van der Waals surface area (Å²) < 4.78 is 5.68. The molecule has 0 saturated heterocycles. The number of nitrogens with one attached hydrogen (secondary N) is 1. The first-order chi connectivity index (χ1) is 17.0. The number of hydrogen-bond acceptors (Lipinski definition) is 7. The number of nitro groups is 1. The van der Waals surface area contributed by atoms with E-state index in [0.717, 1.165) is 29.7 Å². The number of carbonyl (C=O) groups is 2. The first-order valence-electron chi connectivity index (χ1n) is 11.3. The number of anilines is 2. The molecule has 2 aromatic carbocycles. The summed E-state index contributed by atoms with van der Waals surface area (Å²) in [5.74, 6) is -0.478. The molecular formula is C25H27BrN4O5S. The predicted octanol–water partition coefficient (Wildman–Crippen LogP) is 7.27. The Morgan fingerprint density at radius 2 is 1.89 bits per heavy atom. The van der Waals surface area contributed by atoms with Gasteiger partial charge in [0, 0.05) is 17.8 Å². The number of thiazole rings is 1. The van der Waals surface area contributed by atoms with Gasteiger partial charge in [-0.1, -0.05) is 43.7 Å². The average molecular weight is 575 g/mol. The molecule has 1 aromatic heterocycles. The zero-order chi connectivity index (χ0) is 26.5. The molecule has 0 unspecified atom stereocenters. The number of aromatic nitrogens is 1. The van der Waals surface area contributed by atoms with Gasteiger partial charge in [-0.15, -0.1) is 0 Å². The zero-order valence-electron chi connectivity index (χ0n) is 20.4. The third kappa shape index (κ3) is 6.88. The van der Waals surface area contributed by atoms with Crippen molar-refractivity contribution < 1.29 is 19.2 Å². The number of benzene rings is 2. The molecule has 0 atom stereocenters. The molecule has 2 amide bonds. The second-order valence-corrected chi connectivity index (χ2v) is 10.6. The Kier molecular flexibility index (Phi) is 8.80. The fraction of sp³-hybridized carbons (Fsp3) is 0.320. The van der Waals surface area contributed by atoms with E-state index in [-0.39, 0.29) is 14.7 Å². The van der Waals surface area contributed by atoms with Gasteiger partial charge in [0.25, 0.3) is 5.91 Å². The van der Waals surface area contributed by atoms with E-state index in [2.05, 4.69) is 26.2 Å². The summed E-state index contributed by atoms with van der Waals surface area (Å²) in [7, 11) is 0. The van der Waals surface area contributed by atoms with Gasteiger partial charge in [-0.3, -0.25) is 25.1 Å². The van der Waals surface area contributed by atoms with E-state index in [4.69, 9.17) is 4.74 Å². The average Bonchev–Trinajstić information content (AvgIpc) is 3.18. The van der Waals surface area contributed by atoms with Crippen LogP contribution in [0.5, 0.6) is 0 Å². The maximum absolute atomic E-state index is 13.2. The van der Waals surface area contributed by atoms with Crippen LogP contribution in [0.25, 0.3) is 11.1 Å². The number of unbranched alkanes of at least 4 members (excludes halogenated alkanes) is 1. The van der Waals surface area contributed by atoms with Crippen LogP contribution in [0.2, 0.25) is 0 Å². The van der Waals surface area contributed by atoms with Crippen LogP contribution in [0.3, 0.4) is 0 Å². The smallest absolute Gasteiger partial charge is 0.414 e. The molecule has 1 heterocycles. The number of hydrogen-bond donors (Lipinski definition) is 1. The first kappa shape index (κ1) is 27.3. The van der Waals surface area contributed by atoms with Gasteiger partial charge in [0.2, 0.25) is 0 Å². The van der Waals surface area contributed by atoms with Crippen LogP contribution >= 0.6 is 27.3 Å². The summed E-state index contributed by atoms with van der Waals surface area (Å²) in [4.78, 5) is 42.4. The quantitative estimate of drug-likeness (QED) is 0.223. The minimum absolute atomic E-state index is 0.0513. The third-order valence-electron chi connectivity index (χ3n) is 4.95. The molecule has 36 heavy (non-hydrogen) atoms. The van der Waals surface area contributed by atoms with Crippen LogP contribution in [0.1, 0.15) is 50.9 Å². The number of rotatable bonds is 8. The van der Waals surface area contributed by atoms with Crippen molar-refractivity contribution in [2.45, 2.75) is 46.1 Å². The van der Waals surface area contributed by atoms with E-state index >= 15 is 0 Å². The molecule has 0 aliphatic heterocycles. The van der Waals surface area contributed by atoms with Crippen molar-refractivity contribution in [2.75, 3.05) is 16.8 Å². The van der Waals surface area contributed by atoms with Crippen LogP contribution in [0.4, 0.5) is 20.6 Å². The van der Waals surface area contributed by atoms with E-state index in [1.165, 1.54) is 0 Å². The van der Waals surface area contributed by atoms with Crippen LogP contribution in [-0.2, 0) is 4.74 Å². The van der Waals surface area contributed by atoms with E-state index in [9.17, 15) is 19.7 Å². The van der Waals surface area contributed by atoms with Crippen molar-refractivity contribution in [3.63, 3.8) is 0 Å². The normalized spacial score (nSPS) is 11.1. The Hall–Kier alpha value is -3.31. The number of halogens is 1. The van der Waals surface area contributed by atoms with E-state index < -0.39 is 22.5 Å². The Balaban J connectivity index is 2.02. The number of amides is 2. The molecule has 0 radical (unpaired) electrons. The molecule has 0 fully saturated rings. The third-order valence-corrected chi connectivity index (χ3v) is 6.69. The van der Waals surface area contributed by atoms with Gasteiger partial charge in [0.1, 0.15) is 5.60 Å². The number of nitrogens with zero attached hydrogens (tertiary/aromatic N) is 3. The molecular weight excluding hydrogens is 548 g/mol. The van der Waals surface area contributed by atoms with Crippen molar-refractivity contribution >= 4 is 55.1 Å². The molecule has 0 spiro atoms. The summed E-state index contributed by atoms with van der Waals surface area (Å²) in [6.45, 7) is 7.94. The summed E-state index contributed by atoms with van der Waals surface area (Å²) in [5.41, 5.74) is 1.64. The Morgan fingerprint density at radius 1 is 1.19 bits per heavy atom. The van der Waals surface area contributed by atoms with Crippen LogP contribution in [-0.4, -0.2) is 34.1 Å². The van der Waals surface area contributed by atoms with Gasteiger partial charge in [-0.05, 0) is 83.8 Å². The molecule has 11 heteroatoms. The topological polar surface area (TPSA) is 115 Å². The predicted molar refractivity (Wildman–Crippen MR) is 145 cm³/mol. The Labute approximate surface area is 221 Å². The summed E-state index contributed by atoms with van der Waals surface area (Å²) in [6.07, 6.45) is 1.20. The lowest BCUT2D eigenvalue weighted by Crippen LogP contribution is -2.37. The molecule has 0 bridgehead atoms. The summed E-state index contributed by atoms with van der Waals surface area (Å²) >= 11 is 3.81. The van der Waals surface area contributed by atoms with Gasteiger partial charge in [0.05, 0.1) is 4.92 Å². The maximum Gasteiger partial charge on any atom is 0.414 e. The first-order valence-corrected chi connectivity index (χ1v) is 12.9. The molecule has 0 aliphatic rings. The lowest BCUT2D eigenvalue weighted by molar-refractivity contribution is -0.381. The van der Waals surface area contributed by atoms with Crippen LogP contribution < -0.4 is 10.2 Å². The summed E-state index contributed by atoms with van der Waals surface area (Å²) in [6, 6.07) is 14.4. The lowest BCUT2D eigenvalue weighted by atomic mass is 9.98. The van der Waals surface area contributed by atoms with E-state index in [1.807, 2.05) is 58.0 Å². The molecule has 9 nitrogen and oxygen atoms in total. The fourth-order valence-electron chi connectivity index (χ4n) is 3.34. The van der Waals surface area contributed by atoms with Crippen LogP contribution in [0.15, 0.2) is 53.1 Å². The monoisotopic (exact) mass is 574 g/mol. The minimum Gasteiger partial charge on any atom is -0.443 e. The molecule has 190 valence electrons. The zero-order valence-corrected chi connectivity index (χ0v) is 22.8. The van der Waals surface area contributed by atoms with Crippen molar-refractivity contribution in [1.82, 2.24) is 4.98 Å². The van der Waals surface area contributed by atoms with E-state index in [1.54, 1.807) is 23.1 Å². The second kappa shape index (κ2) is 11.6. The standard InChI is InChI=1S/C25H27BrN4O5S/c1-5-6-14-29(24(32)35-25(2,3)4)17-12-13-18(19(15-17)16-10-8-7-9-11-16)21(31)28-23-27-20(26)22(36-23)30(33)34/h7-13,15H,5-6,14H2,1-4H3,(H,27,28,31). The largest absolute Gasteiger partial charge is 0.443 e. The van der Waals surface area contributed by atoms with Gasteiger partial charge in [-0.25, -0.2) is 9.78 Å². The SMILES string of the molecule is CCCCN(C(=O)OC(C)(C)C)c1ccc(C(=O)Nc2nc(Br)c([N+](=O)[O-])s2)c(-c2ccccc2)c1. The highest BCUT2D eigenvalue weighted by atomic mass is 79.9. The van der Waals surface area contributed by atoms with E-state index in [0.29, 0.717) is 23.4 Å². The molecule has 3 aromatic rings. The van der Waals surface area contributed by atoms with Crippen molar-refractivity contribution in [1.29, 1.82) is 0 Å². The van der Waals surface area contributed by atoms with Gasteiger partial charge >= 0.3 is 11.1 Å². The number of ether oxygens (including phenoxy) is 1. The van der Waals surface area contributed by atoms with Gasteiger partial charge in [0.15, 0.2) is 9.73 Å². The van der Waals surface area contributed by atoms with Crippen LogP contribution in [0, 0.1) is 10.1 Å². The minimum atomic E-state index is -0.659. The fourth-order valence-corrected chi connectivity index (χ4v) is 4.69. The van der Waals surface area contributed by atoms with Crippen molar-refractivity contribution in [3.05, 3.63) is 68.8 Å². The molecule has 1 N–H and O–H groups in total. The number of carbonyl (C=O) groups excluding carboxylic acids is 2. The van der Waals surface area contributed by atoms with Crippen molar-refractivity contribution in [2.24, 2.45) is 0 Å². The highest BCUT2D eigenvalue weighted by Crippen LogP contribution is 2.35. The summed E-state index contributed by atoms with van der Waals surface area (Å²) in [5, 5.41) is 13.7. The van der Waals surface area contributed by atoms with Gasteiger partial charge in [-0.2, -0.15) is 0 Å². The maximum atomic E-state index is 13.2. The highest BCUT2D eigenvalue weighted by Gasteiger charge is 2.26.